The second-order valence-electron chi connectivity index (χ2n) is 9.22. The van der Waals surface area contributed by atoms with Crippen LogP contribution in [0.3, 0.4) is 0 Å². The Labute approximate surface area is 232 Å². The third-order valence-corrected chi connectivity index (χ3v) is 7.87. The molecule has 1 amide bonds. The van der Waals surface area contributed by atoms with Gasteiger partial charge in [-0.15, -0.1) is 0 Å². The van der Waals surface area contributed by atoms with E-state index in [1.807, 2.05) is 26.0 Å². The van der Waals surface area contributed by atoms with Gasteiger partial charge in [0.2, 0.25) is 21.9 Å². The summed E-state index contributed by atoms with van der Waals surface area (Å²) in [5.41, 5.74) is 1.87. The molecule has 1 aromatic heterocycles. The normalized spacial score (nSPS) is 11.7. The van der Waals surface area contributed by atoms with E-state index >= 15 is 0 Å². The van der Waals surface area contributed by atoms with Gasteiger partial charge in [0.25, 0.3) is 0 Å². The number of imidazole rings is 1. The third kappa shape index (κ3) is 6.83. The van der Waals surface area contributed by atoms with E-state index in [0.29, 0.717) is 22.2 Å². The number of carbonyl (C=O) groups is 1. The average Bonchev–Trinajstić information content (AvgIpc) is 3.32. The number of amides is 1. The Balaban J connectivity index is 1.65. The minimum atomic E-state index is -3.98. The second-order valence-corrected chi connectivity index (χ2v) is 11.6. The molecule has 39 heavy (non-hydrogen) atoms. The number of methoxy groups -OCH3 is 1. The molecule has 0 atom stereocenters. The molecule has 4 rings (SSSR count). The number of nitrogens with zero attached hydrogens (tertiary/aromatic N) is 3. The van der Waals surface area contributed by atoms with E-state index in [0.717, 1.165) is 9.87 Å². The van der Waals surface area contributed by atoms with Crippen LogP contribution in [0.2, 0.25) is 5.02 Å². The lowest BCUT2D eigenvalue weighted by Crippen LogP contribution is -2.40. The number of anilines is 1. The van der Waals surface area contributed by atoms with E-state index in [9.17, 15) is 17.6 Å². The summed E-state index contributed by atoms with van der Waals surface area (Å²) in [6, 6.07) is 18.7. The number of ether oxygens (including phenoxy) is 1. The van der Waals surface area contributed by atoms with Gasteiger partial charge in [-0.25, -0.2) is 17.8 Å². The molecule has 0 aliphatic heterocycles. The first-order chi connectivity index (χ1) is 18.6. The molecule has 0 unspecified atom stereocenters. The van der Waals surface area contributed by atoms with Gasteiger partial charge in [0.05, 0.1) is 24.2 Å². The number of carbonyl (C=O) groups excluding carboxylic acids is 1. The molecular formula is C28H28ClFN4O4S. The van der Waals surface area contributed by atoms with E-state index < -0.39 is 28.3 Å². The standard InChI is InChI=1S/C28H28ClFN4O4S/c1-19(2)16-33(39(36,37)25-14-6-21(29)7-15-25)18-27(35)32-28-31-26(20-4-12-24(38-3)13-5-20)17-34(28)23-10-8-22(30)9-11-23/h4-15,17,19H,16,18H2,1-3H3,(H,31,32,35). The van der Waals surface area contributed by atoms with Crippen LogP contribution in [0.1, 0.15) is 13.8 Å². The molecule has 0 aliphatic rings. The van der Waals surface area contributed by atoms with E-state index in [-0.39, 0.29) is 23.3 Å². The molecule has 1 heterocycles. The van der Waals surface area contributed by atoms with E-state index in [4.69, 9.17) is 16.3 Å². The molecule has 0 radical (unpaired) electrons. The van der Waals surface area contributed by atoms with Crippen LogP contribution in [-0.2, 0) is 14.8 Å². The van der Waals surface area contributed by atoms with Crippen molar-refractivity contribution in [3.05, 3.63) is 89.8 Å². The number of hydrogen-bond acceptors (Lipinski definition) is 5. The first-order valence-corrected chi connectivity index (χ1v) is 13.9. The highest BCUT2D eigenvalue weighted by molar-refractivity contribution is 7.89. The maximum absolute atomic E-state index is 13.6. The highest BCUT2D eigenvalue weighted by Crippen LogP contribution is 2.27. The van der Waals surface area contributed by atoms with Gasteiger partial charge in [0, 0.05) is 29.0 Å². The van der Waals surface area contributed by atoms with Crippen LogP contribution < -0.4 is 10.1 Å². The zero-order valence-corrected chi connectivity index (χ0v) is 23.2. The monoisotopic (exact) mass is 570 g/mol. The van der Waals surface area contributed by atoms with Gasteiger partial charge in [0.1, 0.15) is 11.6 Å². The molecule has 0 spiro atoms. The van der Waals surface area contributed by atoms with E-state index in [1.54, 1.807) is 42.1 Å². The van der Waals surface area contributed by atoms with Gasteiger partial charge >= 0.3 is 0 Å². The Morgan fingerprint density at radius 3 is 2.28 bits per heavy atom. The number of aromatic nitrogens is 2. The van der Waals surface area contributed by atoms with Gasteiger partial charge < -0.3 is 4.74 Å². The van der Waals surface area contributed by atoms with Crippen molar-refractivity contribution in [3.63, 3.8) is 0 Å². The lowest BCUT2D eigenvalue weighted by atomic mass is 10.1. The fourth-order valence-corrected chi connectivity index (χ4v) is 5.59. The summed E-state index contributed by atoms with van der Waals surface area (Å²) in [6.07, 6.45) is 1.71. The van der Waals surface area contributed by atoms with Crippen LogP contribution >= 0.6 is 11.6 Å². The summed E-state index contributed by atoms with van der Waals surface area (Å²) >= 11 is 5.93. The number of nitrogens with one attached hydrogen (secondary N) is 1. The van der Waals surface area contributed by atoms with Crippen LogP contribution in [0.15, 0.2) is 83.9 Å². The van der Waals surface area contributed by atoms with Gasteiger partial charge in [-0.2, -0.15) is 4.31 Å². The van der Waals surface area contributed by atoms with Crippen molar-refractivity contribution in [2.75, 3.05) is 25.5 Å². The minimum absolute atomic E-state index is 0.0370. The zero-order valence-electron chi connectivity index (χ0n) is 21.6. The molecule has 0 aliphatic carbocycles. The summed E-state index contributed by atoms with van der Waals surface area (Å²) in [5.74, 6) is -0.189. The van der Waals surface area contributed by atoms with Gasteiger partial charge in [0.15, 0.2) is 0 Å². The molecule has 11 heteroatoms. The van der Waals surface area contributed by atoms with Crippen LogP contribution in [0.4, 0.5) is 10.3 Å². The first-order valence-electron chi connectivity index (χ1n) is 12.1. The predicted molar refractivity (Wildman–Crippen MR) is 149 cm³/mol. The topological polar surface area (TPSA) is 93.5 Å². The van der Waals surface area contributed by atoms with Gasteiger partial charge in [-0.05, 0) is 78.7 Å². The van der Waals surface area contributed by atoms with Crippen LogP contribution in [0.25, 0.3) is 16.9 Å². The van der Waals surface area contributed by atoms with Crippen LogP contribution in [0, 0.1) is 11.7 Å². The molecule has 3 aromatic carbocycles. The first kappa shape index (κ1) is 28.3. The number of sulfonamides is 1. The van der Waals surface area contributed by atoms with Crippen molar-refractivity contribution in [2.24, 2.45) is 5.92 Å². The molecule has 0 saturated carbocycles. The van der Waals surface area contributed by atoms with Crippen molar-refractivity contribution < 1.29 is 22.3 Å². The molecule has 8 nitrogen and oxygen atoms in total. The highest BCUT2D eigenvalue weighted by Gasteiger charge is 2.28. The average molecular weight is 571 g/mol. The fourth-order valence-electron chi connectivity index (χ4n) is 3.90. The van der Waals surface area contributed by atoms with Crippen LogP contribution in [-0.4, -0.2) is 48.4 Å². The van der Waals surface area contributed by atoms with Gasteiger partial charge in [-0.3, -0.25) is 14.7 Å². The molecule has 0 fully saturated rings. The summed E-state index contributed by atoms with van der Waals surface area (Å²) < 4.78 is 48.3. The molecule has 4 aromatic rings. The lowest BCUT2D eigenvalue weighted by Gasteiger charge is -2.23. The molecule has 0 bridgehead atoms. The van der Waals surface area contributed by atoms with Gasteiger partial charge in [-0.1, -0.05) is 25.4 Å². The summed E-state index contributed by atoms with van der Waals surface area (Å²) in [5, 5.41) is 3.14. The summed E-state index contributed by atoms with van der Waals surface area (Å²) in [7, 11) is -2.41. The number of hydrogen-bond donors (Lipinski definition) is 1. The van der Waals surface area contributed by atoms with Crippen molar-refractivity contribution in [3.8, 4) is 22.7 Å². The van der Waals surface area contributed by atoms with Crippen molar-refractivity contribution >= 4 is 33.5 Å². The maximum Gasteiger partial charge on any atom is 0.243 e. The van der Waals surface area contributed by atoms with Crippen LogP contribution in [0.5, 0.6) is 5.75 Å². The second kappa shape index (κ2) is 12.0. The molecule has 1 N–H and O–H groups in total. The Bertz CT molecular complexity index is 1540. The summed E-state index contributed by atoms with van der Waals surface area (Å²) in [4.78, 5) is 17.9. The van der Waals surface area contributed by atoms with Crippen molar-refractivity contribution in [1.29, 1.82) is 0 Å². The number of rotatable bonds is 10. The molecule has 204 valence electrons. The Hall–Kier alpha value is -3.73. The van der Waals surface area contributed by atoms with Crippen molar-refractivity contribution in [1.82, 2.24) is 13.9 Å². The minimum Gasteiger partial charge on any atom is -0.497 e. The number of halogens is 2. The largest absolute Gasteiger partial charge is 0.497 e. The Morgan fingerprint density at radius 2 is 1.69 bits per heavy atom. The lowest BCUT2D eigenvalue weighted by molar-refractivity contribution is -0.116. The maximum atomic E-state index is 13.6. The van der Waals surface area contributed by atoms with E-state index in [1.165, 1.54) is 36.4 Å². The third-order valence-electron chi connectivity index (χ3n) is 5.79. The van der Waals surface area contributed by atoms with E-state index in [2.05, 4.69) is 10.3 Å². The Kier molecular flexibility index (Phi) is 8.69. The zero-order chi connectivity index (χ0) is 28.2. The van der Waals surface area contributed by atoms with Crippen molar-refractivity contribution in [2.45, 2.75) is 18.7 Å². The molecular weight excluding hydrogens is 543 g/mol. The predicted octanol–water partition coefficient (Wildman–Crippen LogP) is 5.63. The molecule has 0 saturated heterocycles. The number of benzene rings is 3. The fraction of sp³-hybridized carbons (Fsp3) is 0.214. The SMILES string of the molecule is COc1ccc(-c2cn(-c3ccc(F)cc3)c(NC(=O)CN(CC(C)C)S(=O)(=O)c3ccc(Cl)cc3)n2)cc1. The highest BCUT2D eigenvalue weighted by atomic mass is 35.5. The summed E-state index contributed by atoms with van der Waals surface area (Å²) in [6.45, 7) is 3.43. The Morgan fingerprint density at radius 1 is 1.05 bits per heavy atom. The smallest absolute Gasteiger partial charge is 0.243 e. The quantitative estimate of drug-likeness (QED) is 0.267.